The minimum absolute atomic E-state index is 0.140. The monoisotopic (exact) mass is 530 g/mol. The van der Waals surface area contributed by atoms with Crippen LogP contribution < -0.4 is 26.9 Å². The Bertz CT molecular complexity index is 1320. The van der Waals surface area contributed by atoms with E-state index in [0.29, 0.717) is 42.7 Å². The second-order valence-corrected chi connectivity index (χ2v) is 9.89. The van der Waals surface area contributed by atoms with E-state index in [-0.39, 0.29) is 17.5 Å². The first-order valence-corrected chi connectivity index (χ1v) is 13.6. The Morgan fingerprint density at radius 2 is 1.82 bits per heavy atom. The number of hydrogen-bond acceptors (Lipinski definition) is 7. The van der Waals surface area contributed by atoms with Crippen LogP contribution in [0.1, 0.15) is 71.9 Å². The van der Waals surface area contributed by atoms with Crippen LogP contribution in [0.5, 0.6) is 5.88 Å². The molecule has 1 aliphatic rings. The lowest BCUT2D eigenvalue weighted by molar-refractivity contribution is 0.0938. The van der Waals surface area contributed by atoms with Gasteiger partial charge in [-0.3, -0.25) is 9.59 Å². The molecule has 0 spiro atoms. The lowest BCUT2D eigenvalue weighted by Gasteiger charge is -2.22. The van der Waals surface area contributed by atoms with Crippen LogP contribution in [0.25, 0.3) is 10.8 Å². The number of amides is 2. The second-order valence-electron chi connectivity index (χ2n) is 9.89. The molecule has 0 unspecified atom stereocenters. The highest BCUT2D eigenvalue weighted by atomic mass is 16.5. The molecular weight excluding hydrogens is 492 g/mol. The molecule has 206 valence electrons. The molecule has 4 rings (SSSR count). The van der Waals surface area contributed by atoms with Crippen molar-refractivity contribution in [1.29, 1.82) is 0 Å². The molecule has 0 saturated heterocycles. The number of carbonyl (C=O) groups excluding carboxylic acids is 2. The molecule has 9 heteroatoms. The van der Waals surface area contributed by atoms with Gasteiger partial charge in [-0.25, -0.2) is 10.8 Å². The van der Waals surface area contributed by atoms with Gasteiger partial charge in [-0.05, 0) is 53.6 Å². The van der Waals surface area contributed by atoms with Crippen molar-refractivity contribution in [1.82, 2.24) is 15.3 Å². The van der Waals surface area contributed by atoms with Crippen molar-refractivity contribution >= 4 is 28.3 Å². The van der Waals surface area contributed by atoms with Gasteiger partial charge < -0.3 is 26.1 Å². The smallest absolute Gasteiger partial charge is 0.272 e. The van der Waals surface area contributed by atoms with Crippen LogP contribution in [0.2, 0.25) is 0 Å². The standard InChI is InChI=1S/C30H38N6O3/c1-2-18-39-27-15-14-26(28(35-27)30(38)33-19-21-8-4-3-5-9-21)34-29(37)25-13-12-22(20-36(32)17-16-31)23-10-6-7-11-24(23)25/h6-7,10-17,21H,2-5,8-9,18-20,31-32H2,1H3,(H,33,38)(H,34,37)/b17-16-. The fourth-order valence-corrected chi connectivity index (χ4v) is 4.96. The Labute approximate surface area is 229 Å². The van der Waals surface area contributed by atoms with Gasteiger partial charge in [0.25, 0.3) is 11.8 Å². The van der Waals surface area contributed by atoms with E-state index in [2.05, 4.69) is 15.6 Å². The zero-order chi connectivity index (χ0) is 27.6. The number of fused-ring (bicyclic) bond motifs is 1. The maximum Gasteiger partial charge on any atom is 0.272 e. The molecule has 0 atom stereocenters. The fraction of sp³-hybridized carbons (Fsp3) is 0.367. The lowest BCUT2D eigenvalue weighted by Crippen LogP contribution is -2.31. The summed E-state index contributed by atoms with van der Waals surface area (Å²) in [5.41, 5.74) is 7.36. The summed E-state index contributed by atoms with van der Waals surface area (Å²) in [6.45, 7) is 3.51. The molecule has 39 heavy (non-hydrogen) atoms. The van der Waals surface area contributed by atoms with E-state index in [0.717, 1.165) is 35.6 Å². The summed E-state index contributed by atoms with van der Waals surface area (Å²) in [5, 5.41) is 9.11. The number of nitrogens with two attached hydrogens (primary N) is 2. The van der Waals surface area contributed by atoms with Crippen LogP contribution in [0, 0.1) is 5.92 Å². The van der Waals surface area contributed by atoms with E-state index < -0.39 is 0 Å². The molecule has 3 aromatic rings. The van der Waals surface area contributed by atoms with E-state index in [1.54, 1.807) is 24.4 Å². The minimum Gasteiger partial charge on any atom is -0.478 e. The highest BCUT2D eigenvalue weighted by molar-refractivity contribution is 6.15. The molecule has 1 saturated carbocycles. The zero-order valence-corrected chi connectivity index (χ0v) is 22.5. The third kappa shape index (κ3) is 7.26. The predicted octanol–water partition coefficient (Wildman–Crippen LogP) is 4.69. The second kappa shape index (κ2) is 13.6. The molecular formula is C30H38N6O3. The van der Waals surface area contributed by atoms with Gasteiger partial charge in [0.2, 0.25) is 5.88 Å². The van der Waals surface area contributed by atoms with Crippen molar-refractivity contribution in [2.45, 2.75) is 52.0 Å². The van der Waals surface area contributed by atoms with Crippen LogP contribution in [-0.2, 0) is 6.54 Å². The van der Waals surface area contributed by atoms with Crippen molar-refractivity contribution < 1.29 is 14.3 Å². The van der Waals surface area contributed by atoms with Gasteiger partial charge in [0.05, 0.1) is 18.8 Å². The summed E-state index contributed by atoms with van der Waals surface area (Å²) in [7, 11) is 0. The van der Waals surface area contributed by atoms with Crippen LogP contribution >= 0.6 is 0 Å². The molecule has 9 nitrogen and oxygen atoms in total. The highest BCUT2D eigenvalue weighted by Gasteiger charge is 2.21. The number of rotatable bonds is 11. The van der Waals surface area contributed by atoms with Gasteiger partial charge in [-0.1, -0.05) is 56.5 Å². The Morgan fingerprint density at radius 1 is 1.05 bits per heavy atom. The normalized spacial score (nSPS) is 13.9. The first kappa shape index (κ1) is 27.9. The van der Waals surface area contributed by atoms with Crippen molar-refractivity contribution in [2.75, 3.05) is 18.5 Å². The van der Waals surface area contributed by atoms with E-state index in [9.17, 15) is 9.59 Å². The third-order valence-electron chi connectivity index (χ3n) is 6.95. The summed E-state index contributed by atoms with van der Waals surface area (Å²) in [6.07, 6.45) is 9.65. The average Bonchev–Trinajstić information content (AvgIpc) is 2.96. The summed E-state index contributed by atoms with van der Waals surface area (Å²) >= 11 is 0. The molecule has 1 heterocycles. The maximum absolute atomic E-state index is 13.5. The van der Waals surface area contributed by atoms with Crippen molar-refractivity contribution in [3.8, 4) is 5.88 Å². The highest BCUT2D eigenvalue weighted by Crippen LogP contribution is 2.27. The average molecular weight is 531 g/mol. The molecule has 1 fully saturated rings. The SMILES string of the molecule is CCCOc1ccc(NC(=O)c2ccc(CN(N)/C=C\N)c3ccccc23)c(C(=O)NCC2CCCCC2)n1. The van der Waals surface area contributed by atoms with Crippen molar-refractivity contribution in [2.24, 2.45) is 17.5 Å². The number of pyridine rings is 1. The number of anilines is 1. The van der Waals surface area contributed by atoms with Crippen LogP contribution in [0.15, 0.2) is 60.9 Å². The number of hydrogen-bond donors (Lipinski definition) is 4. The quantitative estimate of drug-likeness (QED) is 0.209. The number of carbonyl (C=O) groups is 2. The summed E-state index contributed by atoms with van der Waals surface area (Å²) in [5.74, 6) is 6.16. The molecule has 2 aromatic carbocycles. The molecule has 0 bridgehead atoms. The first-order valence-electron chi connectivity index (χ1n) is 13.6. The van der Waals surface area contributed by atoms with E-state index >= 15 is 0 Å². The van der Waals surface area contributed by atoms with Crippen LogP contribution in [-0.4, -0.2) is 35.0 Å². The van der Waals surface area contributed by atoms with Gasteiger partial charge in [0.1, 0.15) is 0 Å². The number of nitrogens with zero attached hydrogens (tertiary/aromatic N) is 2. The maximum atomic E-state index is 13.5. The minimum atomic E-state index is -0.338. The molecule has 2 amide bonds. The largest absolute Gasteiger partial charge is 0.478 e. The summed E-state index contributed by atoms with van der Waals surface area (Å²) in [6, 6.07) is 14.6. The van der Waals surface area contributed by atoms with Gasteiger partial charge in [-0.2, -0.15) is 0 Å². The zero-order valence-electron chi connectivity index (χ0n) is 22.5. The summed E-state index contributed by atoms with van der Waals surface area (Å²) in [4.78, 5) is 31.3. The fourth-order valence-electron chi connectivity index (χ4n) is 4.96. The number of ether oxygens (including phenoxy) is 1. The lowest BCUT2D eigenvalue weighted by atomic mass is 9.89. The molecule has 0 radical (unpaired) electrons. The van der Waals surface area contributed by atoms with Crippen molar-refractivity contribution in [3.05, 3.63) is 77.8 Å². The van der Waals surface area contributed by atoms with Gasteiger partial charge >= 0.3 is 0 Å². The van der Waals surface area contributed by atoms with Crippen LogP contribution in [0.3, 0.4) is 0 Å². The first-order chi connectivity index (χ1) is 19.0. The number of aromatic nitrogens is 1. The van der Waals surface area contributed by atoms with Gasteiger partial charge in [0.15, 0.2) is 5.69 Å². The number of benzene rings is 2. The Kier molecular flexibility index (Phi) is 9.74. The van der Waals surface area contributed by atoms with E-state index in [1.165, 1.54) is 30.5 Å². The topological polar surface area (TPSA) is 136 Å². The molecule has 1 aromatic heterocycles. The number of hydrazine groups is 1. The Hall–Kier alpha value is -4.11. The molecule has 6 N–H and O–H groups in total. The number of nitrogens with one attached hydrogen (secondary N) is 2. The van der Waals surface area contributed by atoms with E-state index in [4.69, 9.17) is 16.3 Å². The van der Waals surface area contributed by atoms with E-state index in [1.807, 2.05) is 37.3 Å². The predicted molar refractivity (Wildman–Crippen MR) is 154 cm³/mol. The molecule has 0 aliphatic heterocycles. The third-order valence-corrected chi connectivity index (χ3v) is 6.95. The van der Waals surface area contributed by atoms with Gasteiger partial charge in [0, 0.05) is 30.6 Å². The van der Waals surface area contributed by atoms with Crippen LogP contribution in [0.4, 0.5) is 5.69 Å². The Morgan fingerprint density at radius 3 is 2.56 bits per heavy atom. The summed E-state index contributed by atoms with van der Waals surface area (Å²) < 4.78 is 5.67. The Balaban J connectivity index is 1.59. The van der Waals surface area contributed by atoms with Gasteiger partial charge in [-0.15, -0.1) is 0 Å². The molecule has 1 aliphatic carbocycles. The van der Waals surface area contributed by atoms with Crippen molar-refractivity contribution in [3.63, 3.8) is 0 Å².